The van der Waals surface area contributed by atoms with Crippen LogP contribution in [0.1, 0.15) is 21.7 Å². The van der Waals surface area contributed by atoms with Crippen molar-refractivity contribution in [1.82, 2.24) is 15.1 Å². The van der Waals surface area contributed by atoms with Gasteiger partial charge in [-0.05, 0) is 30.7 Å². The number of halogens is 2. The van der Waals surface area contributed by atoms with E-state index in [4.69, 9.17) is 4.74 Å². The van der Waals surface area contributed by atoms with Crippen LogP contribution in [0.15, 0.2) is 42.5 Å². The Morgan fingerprint density at radius 3 is 2.83 bits per heavy atom. The summed E-state index contributed by atoms with van der Waals surface area (Å²) in [5.74, 6) is 0.229. The largest absolute Gasteiger partial charge is 0.489 e. The van der Waals surface area contributed by atoms with Crippen molar-refractivity contribution >= 4 is 5.91 Å². The van der Waals surface area contributed by atoms with Crippen molar-refractivity contribution in [3.8, 4) is 5.75 Å². The van der Waals surface area contributed by atoms with Gasteiger partial charge in [-0.15, -0.1) is 0 Å². The van der Waals surface area contributed by atoms with Crippen molar-refractivity contribution in [2.45, 2.75) is 13.5 Å². The van der Waals surface area contributed by atoms with E-state index in [1.165, 1.54) is 4.68 Å². The topological polar surface area (TPSA) is 56.1 Å². The van der Waals surface area contributed by atoms with E-state index in [-0.39, 0.29) is 12.5 Å². The smallest absolute Gasteiger partial charge is 0.269 e. The van der Waals surface area contributed by atoms with Gasteiger partial charge in [-0.25, -0.2) is 0 Å². The number of aromatic nitrogens is 2. The molecule has 0 atom stereocenters. The van der Waals surface area contributed by atoms with Crippen LogP contribution in [-0.2, 0) is 13.6 Å². The van der Waals surface area contributed by atoms with E-state index in [0.717, 1.165) is 11.3 Å². The van der Waals surface area contributed by atoms with Crippen LogP contribution in [0.2, 0.25) is 0 Å². The van der Waals surface area contributed by atoms with Crippen LogP contribution in [0.4, 0.5) is 8.78 Å². The standard InChI is InChI=1S/C16H17F2N3O2/c1-11-8-14(21(2)20-11)16(22)19-10-12-4-3-5-13(9-12)23-7-6-15(17)18/h3-6,8-9H,7,10H2,1-2H3,(H,19,22). The van der Waals surface area contributed by atoms with Gasteiger partial charge >= 0.3 is 0 Å². The Bertz CT molecular complexity index is 722. The minimum absolute atomic E-state index is 0.202. The summed E-state index contributed by atoms with van der Waals surface area (Å²) in [6, 6.07) is 8.61. The van der Waals surface area contributed by atoms with Gasteiger partial charge in [0.2, 0.25) is 0 Å². The third-order valence-corrected chi connectivity index (χ3v) is 3.07. The minimum Gasteiger partial charge on any atom is -0.489 e. The fourth-order valence-corrected chi connectivity index (χ4v) is 2.04. The van der Waals surface area contributed by atoms with Gasteiger partial charge in [-0.3, -0.25) is 9.48 Å². The summed E-state index contributed by atoms with van der Waals surface area (Å²) in [5.41, 5.74) is 2.04. The SMILES string of the molecule is Cc1cc(C(=O)NCc2cccc(OCC=C(F)F)c2)n(C)n1. The third kappa shape index (κ3) is 4.91. The van der Waals surface area contributed by atoms with Crippen LogP contribution < -0.4 is 10.1 Å². The first-order chi connectivity index (χ1) is 11.0. The summed E-state index contributed by atoms with van der Waals surface area (Å²) in [6.45, 7) is 1.91. The molecular formula is C16H17F2N3O2. The molecule has 0 bridgehead atoms. The molecule has 0 spiro atoms. The number of nitrogens with zero attached hydrogens (tertiary/aromatic N) is 2. The number of amides is 1. The van der Waals surface area contributed by atoms with E-state index >= 15 is 0 Å². The zero-order chi connectivity index (χ0) is 16.8. The molecule has 0 aliphatic heterocycles. The summed E-state index contributed by atoms with van der Waals surface area (Å²) < 4.78 is 30.6. The van der Waals surface area contributed by atoms with Crippen LogP contribution in [0, 0.1) is 6.92 Å². The van der Waals surface area contributed by atoms with Gasteiger partial charge in [0.15, 0.2) is 0 Å². The number of aryl methyl sites for hydroxylation is 2. The third-order valence-electron chi connectivity index (χ3n) is 3.07. The number of carbonyl (C=O) groups excluding carboxylic acids is 1. The van der Waals surface area contributed by atoms with E-state index in [1.807, 2.05) is 13.0 Å². The van der Waals surface area contributed by atoms with E-state index in [0.29, 0.717) is 24.1 Å². The van der Waals surface area contributed by atoms with Gasteiger partial charge in [0.25, 0.3) is 12.0 Å². The summed E-state index contributed by atoms with van der Waals surface area (Å²) in [7, 11) is 1.70. The Kier molecular flexibility index (Phi) is 5.46. The van der Waals surface area contributed by atoms with Crippen LogP contribution >= 0.6 is 0 Å². The number of carbonyl (C=O) groups is 1. The highest BCUT2D eigenvalue weighted by molar-refractivity contribution is 5.92. The van der Waals surface area contributed by atoms with Crippen molar-refractivity contribution < 1.29 is 18.3 Å². The lowest BCUT2D eigenvalue weighted by Gasteiger charge is -2.08. The quantitative estimate of drug-likeness (QED) is 0.890. The highest BCUT2D eigenvalue weighted by Crippen LogP contribution is 2.14. The van der Waals surface area contributed by atoms with E-state index < -0.39 is 6.08 Å². The van der Waals surface area contributed by atoms with Crippen molar-refractivity contribution in [2.75, 3.05) is 6.61 Å². The average molecular weight is 321 g/mol. The maximum atomic E-state index is 12.1. The first-order valence-corrected chi connectivity index (χ1v) is 6.97. The van der Waals surface area contributed by atoms with Gasteiger partial charge < -0.3 is 10.1 Å². The first-order valence-electron chi connectivity index (χ1n) is 6.97. The molecule has 7 heteroatoms. The number of ether oxygens (including phenoxy) is 1. The van der Waals surface area contributed by atoms with Gasteiger partial charge in [-0.2, -0.15) is 13.9 Å². The lowest BCUT2D eigenvalue weighted by molar-refractivity contribution is 0.0941. The normalized spacial score (nSPS) is 10.3. The number of benzene rings is 1. The van der Waals surface area contributed by atoms with Crippen molar-refractivity contribution in [3.63, 3.8) is 0 Å². The fraction of sp³-hybridized carbons (Fsp3) is 0.250. The predicted molar refractivity (Wildman–Crippen MR) is 81.4 cm³/mol. The Hall–Kier alpha value is -2.70. The maximum absolute atomic E-state index is 12.1. The van der Waals surface area contributed by atoms with Crippen molar-refractivity contribution in [3.05, 3.63) is 59.4 Å². The fourth-order valence-electron chi connectivity index (χ4n) is 2.04. The van der Waals surface area contributed by atoms with Gasteiger partial charge in [-0.1, -0.05) is 12.1 Å². The van der Waals surface area contributed by atoms with Crippen molar-refractivity contribution in [2.24, 2.45) is 7.05 Å². The number of hydrogen-bond donors (Lipinski definition) is 1. The van der Waals surface area contributed by atoms with E-state index in [9.17, 15) is 13.6 Å². The summed E-state index contributed by atoms with van der Waals surface area (Å²) in [4.78, 5) is 12.1. The second-order valence-corrected chi connectivity index (χ2v) is 4.93. The lowest BCUT2D eigenvalue weighted by Crippen LogP contribution is -2.25. The monoisotopic (exact) mass is 321 g/mol. The minimum atomic E-state index is -1.78. The molecule has 122 valence electrons. The predicted octanol–water partition coefficient (Wildman–Crippen LogP) is 2.82. The van der Waals surface area contributed by atoms with E-state index in [1.54, 1.807) is 31.3 Å². The van der Waals surface area contributed by atoms with Crippen LogP contribution in [0.3, 0.4) is 0 Å². The zero-order valence-corrected chi connectivity index (χ0v) is 12.8. The zero-order valence-electron chi connectivity index (χ0n) is 12.8. The van der Waals surface area contributed by atoms with E-state index in [2.05, 4.69) is 10.4 Å². The first kappa shape index (κ1) is 16.7. The molecule has 2 aromatic rings. The molecule has 0 aliphatic rings. The molecule has 1 N–H and O–H groups in total. The lowest BCUT2D eigenvalue weighted by atomic mass is 10.2. The summed E-state index contributed by atoms with van der Waals surface area (Å²) >= 11 is 0. The highest BCUT2D eigenvalue weighted by Gasteiger charge is 2.11. The molecule has 0 fully saturated rings. The van der Waals surface area contributed by atoms with Gasteiger partial charge in [0.05, 0.1) is 5.69 Å². The van der Waals surface area contributed by atoms with Crippen LogP contribution in [0.5, 0.6) is 5.75 Å². The summed E-state index contributed by atoms with van der Waals surface area (Å²) in [6.07, 6.45) is -1.08. The molecule has 1 heterocycles. The van der Waals surface area contributed by atoms with Crippen molar-refractivity contribution in [1.29, 1.82) is 0 Å². The number of hydrogen-bond acceptors (Lipinski definition) is 3. The molecule has 0 unspecified atom stereocenters. The molecule has 0 saturated carbocycles. The van der Waals surface area contributed by atoms with Gasteiger partial charge in [0.1, 0.15) is 18.1 Å². The highest BCUT2D eigenvalue weighted by atomic mass is 19.3. The molecule has 23 heavy (non-hydrogen) atoms. The van der Waals surface area contributed by atoms with Crippen LogP contribution in [-0.4, -0.2) is 22.3 Å². The number of rotatable bonds is 6. The molecule has 0 aliphatic carbocycles. The second-order valence-electron chi connectivity index (χ2n) is 4.93. The molecule has 1 aromatic heterocycles. The summed E-state index contributed by atoms with van der Waals surface area (Å²) in [5, 5.41) is 6.90. The Morgan fingerprint density at radius 1 is 1.39 bits per heavy atom. The molecule has 0 radical (unpaired) electrons. The Labute approximate surface area is 132 Å². The molecule has 0 saturated heterocycles. The molecule has 1 aromatic carbocycles. The second kappa shape index (κ2) is 7.53. The molecule has 2 rings (SSSR count). The van der Waals surface area contributed by atoms with Gasteiger partial charge in [0, 0.05) is 19.7 Å². The number of nitrogens with one attached hydrogen (secondary N) is 1. The Morgan fingerprint density at radius 2 is 2.17 bits per heavy atom. The molecular weight excluding hydrogens is 304 g/mol. The average Bonchev–Trinajstić information content (AvgIpc) is 2.84. The molecule has 1 amide bonds. The molecule has 5 nitrogen and oxygen atoms in total. The Balaban J connectivity index is 1.94. The van der Waals surface area contributed by atoms with Crippen LogP contribution in [0.25, 0.3) is 0 Å². The maximum Gasteiger partial charge on any atom is 0.269 e.